The van der Waals surface area contributed by atoms with Crippen molar-refractivity contribution in [2.75, 3.05) is 19.9 Å². The van der Waals surface area contributed by atoms with Crippen LogP contribution in [0.3, 0.4) is 0 Å². The van der Waals surface area contributed by atoms with Crippen LogP contribution in [0.2, 0.25) is 0 Å². The van der Waals surface area contributed by atoms with Gasteiger partial charge in [-0.1, -0.05) is 12.2 Å². The molecule has 1 fully saturated rings. The molecular formula is C12H19NO3. The van der Waals surface area contributed by atoms with Crippen LogP contribution in [0.15, 0.2) is 12.2 Å². The van der Waals surface area contributed by atoms with Crippen LogP contribution < -0.4 is 5.32 Å². The van der Waals surface area contributed by atoms with Gasteiger partial charge < -0.3 is 15.2 Å². The fraction of sp³-hybridized carbons (Fsp3) is 0.750. The maximum Gasteiger partial charge on any atom is 0.225 e. The highest BCUT2D eigenvalue weighted by Gasteiger charge is 2.39. The second kappa shape index (κ2) is 5.46. The van der Waals surface area contributed by atoms with Crippen LogP contribution in [0.1, 0.15) is 19.3 Å². The predicted molar refractivity (Wildman–Crippen MR) is 59.5 cm³/mol. The van der Waals surface area contributed by atoms with E-state index in [1.165, 1.54) is 0 Å². The lowest BCUT2D eigenvalue weighted by Gasteiger charge is -2.17. The average molecular weight is 225 g/mol. The van der Waals surface area contributed by atoms with Crippen molar-refractivity contribution in [3.05, 3.63) is 12.2 Å². The summed E-state index contributed by atoms with van der Waals surface area (Å²) < 4.78 is 5.17. The minimum absolute atomic E-state index is 0.112. The van der Waals surface area contributed by atoms with Crippen LogP contribution in [-0.4, -0.2) is 31.0 Å². The van der Waals surface area contributed by atoms with Gasteiger partial charge in [-0.25, -0.2) is 0 Å². The van der Waals surface area contributed by atoms with Gasteiger partial charge in [-0.2, -0.15) is 0 Å². The number of aliphatic hydroxyl groups is 1. The van der Waals surface area contributed by atoms with Gasteiger partial charge in [0.15, 0.2) is 0 Å². The molecule has 16 heavy (non-hydrogen) atoms. The Labute approximate surface area is 95.7 Å². The molecule has 0 radical (unpaired) electrons. The Hall–Kier alpha value is -0.870. The fourth-order valence-corrected chi connectivity index (χ4v) is 2.57. The van der Waals surface area contributed by atoms with Gasteiger partial charge in [0.05, 0.1) is 6.61 Å². The lowest BCUT2D eigenvalue weighted by molar-refractivity contribution is -0.127. The molecule has 1 amide bonds. The van der Waals surface area contributed by atoms with E-state index in [4.69, 9.17) is 9.84 Å². The van der Waals surface area contributed by atoms with Crippen molar-refractivity contribution in [1.29, 1.82) is 0 Å². The number of nitrogens with one attached hydrogen (secondary N) is 1. The molecule has 2 aliphatic rings. The van der Waals surface area contributed by atoms with Gasteiger partial charge in [0.25, 0.3) is 0 Å². The number of carbonyl (C=O) groups excluding carboxylic acids is 1. The molecule has 3 atom stereocenters. The maximum absolute atomic E-state index is 11.8. The zero-order valence-electron chi connectivity index (χ0n) is 9.39. The molecule has 0 saturated heterocycles. The van der Waals surface area contributed by atoms with Gasteiger partial charge in [-0.3, -0.25) is 4.79 Å². The summed E-state index contributed by atoms with van der Waals surface area (Å²) in [5.41, 5.74) is 0. The largest absolute Gasteiger partial charge is 0.396 e. The Balaban J connectivity index is 1.63. The van der Waals surface area contributed by atoms with Crippen LogP contribution in [0.5, 0.6) is 0 Å². The van der Waals surface area contributed by atoms with Crippen molar-refractivity contribution in [1.82, 2.24) is 5.32 Å². The molecule has 0 heterocycles. The lowest BCUT2D eigenvalue weighted by atomic mass is 9.93. The van der Waals surface area contributed by atoms with Crippen molar-refractivity contribution in [3.63, 3.8) is 0 Å². The molecule has 2 bridgehead atoms. The highest BCUT2D eigenvalue weighted by molar-refractivity contribution is 5.79. The predicted octanol–water partition coefficient (Wildman–Crippen LogP) is 0.671. The molecule has 2 aliphatic carbocycles. The molecule has 2 rings (SSSR count). The molecule has 0 aromatic rings. The molecule has 3 unspecified atom stereocenters. The van der Waals surface area contributed by atoms with E-state index in [9.17, 15) is 4.79 Å². The van der Waals surface area contributed by atoms with Crippen molar-refractivity contribution in [2.24, 2.45) is 17.8 Å². The number of amides is 1. The van der Waals surface area contributed by atoms with E-state index < -0.39 is 0 Å². The van der Waals surface area contributed by atoms with Gasteiger partial charge in [0, 0.05) is 12.5 Å². The minimum Gasteiger partial charge on any atom is -0.396 e. The second-order valence-electron chi connectivity index (χ2n) is 4.56. The second-order valence-corrected chi connectivity index (χ2v) is 4.56. The first kappa shape index (κ1) is 11.6. The Morgan fingerprint density at radius 1 is 1.44 bits per heavy atom. The maximum atomic E-state index is 11.8. The number of ether oxygens (including phenoxy) is 1. The van der Waals surface area contributed by atoms with Crippen LogP contribution in [0.4, 0.5) is 0 Å². The summed E-state index contributed by atoms with van der Waals surface area (Å²) in [6, 6.07) is 0. The molecule has 0 aromatic carbocycles. The minimum atomic E-state index is 0.112. The fourth-order valence-electron chi connectivity index (χ4n) is 2.57. The van der Waals surface area contributed by atoms with Gasteiger partial charge in [-0.15, -0.1) is 0 Å². The van der Waals surface area contributed by atoms with E-state index in [1.807, 2.05) is 0 Å². The molecule has 4 heteroatoms. The first-order chi connectivity index (χ1) is 7.81. The summed E-state index contributed by atoms with van der Waals surface area (Å²) in [6.45, 7) is 0.884. The lowest BCUT2D eigenvalue weighted by Crippen LogP contribution is -2.34. The number of carbonyl (C=O) groups is 1. The molecule has 4 nitrogen and oxygen atoms in total. The van der Waals surface area contributed by atoms with Crippen molar-refractivity contribution < 1.29 is 14.6 Å². The summed E-state index contributed by atoms with van der Waals surface area (Å²) in [4.78, 5) is 11.8. The highest BCUT2D eigenvalue weighted by atomic mass is 16.5. The van der Waals surface area contributed by atoms with Crippen LogP contribution in [0.25, 0.3) is 0 Å². The van der Waals surface area contributed by atoms with E-state index in [0.29, 0.717) is 24.9 Å². The quantitative estimate of drug-likeness (QED) is 0.397. The number of hydrogen-bond acceptors (Lipinski definition) is 3. The number of rotatable bonds is 6. The van der Waals surface area contributed by atoms with E-state index in [1.54, 1.807) is 0 Å². The van der Waals surface area contributed by atoms with Gasteiger partial charge in [0.2, 0.25) is 5.91 Å². The molecule has 90 valence electrons. The van der Waals surface area contributed by atoms with Crippen molar-refractivity contribution in [2.45, 2.75) is 19.3 Å². The first-order valence-electron chi connectivity index (χ1n) is 5.96. The smallest absolute Gasteiger partial charge is 0.225 e. The Bertz CT molecular complexity index is 277. The van der Waals surface area contributed by atoms with Gasteiger partial charge in [0.1, 0.15) is 6.73 Å². The summed E-state index contributed by atoms with van der Waals surface area (Å²) >= 11 is 0. The SMILES string of the molecule is O=C(NCOCCCO)C1CC2C=CC1C2. The number of fused-ring (bicyclic) bond motifs is 2. The molecule has 1 saturated carbocycles. The third-order valence-corrected chi connectivity index (χ3v) is 3.41. The van der Waals surface area contributed by atoms with Crippen LogP contribution in [0, 0.1) is 17.8 Å². The van der Waals surface area contributed by atoms with Gasteiger partial charge >= 0.3 is 0 Å². The monoisotopic (exact) mass is 225 g/mol. The Morgan fingerprint density at radius 2 is 2.31 bits per heavy atom. The van der Waals surface area contributed by atoms with E-state index in [0.717, 1.165) is 12.8 Å². The van der Waals surface area contributed by atoms with Crippen LogP contribution in [-0.2, 0) is 9.53 Å². The van der Waals surface area contributed by atoms with E-state index in [-0.39, 0.29) is 25.2 Å². The molecule has 0 aliphatic heterocycles. The Kier molecular flexibility index (Phi) is 3.96. The Morgan fingerprint density at radius 3 is 2.94 bits per heavy atom. The van der Waals surface area contributed by atoms with Crippen molar-refractivity contribution >= 4 is 5.91 Å². The van der Waals surface area contributed by atoms with Crippen molar-refractivity contribution in [3.8, 4) is 0 Å². The number of aliphatic hydroxyl groups excluding tert-OH is 1. The van der Waals surface area contributed by atoms with Gasteiger partial charge in [-0.05, 0) is 31.1 Å². The third kappa shape index (κ3) is 2.62. The zero-order valence-corrected chi connectivity index (χ0v) is 9.39. The number of hydrogen-bond donors (Lipinski definition) is 2. The number of allylic oxidation sites excluding steroid dienone is 2. The topological polar surface area (TPSA) is 58.6 Å². The normalized spacial score (nSPS) is 30.9. The van der Waals surface area contributed by atoms with E-state index >= 15 is 0 Å². The summed E-state index contributed by atoms with van der Waals surface area (Å²) in [5.74, 6) is 1.33. The first-order valence-corrected chi connectivity index (χ1v) is 5.96. The molecule has 2 N–H and O–H groups in total. The standard InChI is InChI=1S/C12H19NO3/c14-4-1-5-16-8-13-12(15)11-7-9-2-3-10(11)6-9/h2-3,9-11,14H,1,4-8H2,(H,13,15). The van der Waals surface area contributed by atoms with E-state index in [2.05, 4.69) is 17.5 Å². The molecule has 0 aromatic heterocycles. The summed E-state index contributed by atoms with van der Waals surface area (Å²) in [5, 5.41) is 11.3. The zero-order chi connectivity index (χ0) is 11.4. The molecular weight excluding hydrogens is 206 g/mol. The van der Waals surface area contributed by atoms with Crippen LogP contribution >= 0.6 is 0 Å². The highest BCUT2D eigenvalue weighted by Crippen LogP contribution is 2.43. The molecule has 0 spiro atoms. The average Bonchev–Trinajstić information content (AvgIpc) is 2.90. The summed E-state index contributed by atoms with van der Waals surface area (Å²) in [7, 11) is 0. The third-order valence-electron chi connectivity index (χ3n) is 3.41. The summed E-state index contributed by atoms with van der Waals surface area (Å²) in [6.07, 6.45) is 7.15.